The van der Waals surface area contributed by atoms with Crippen molar-refractivity contribution in [3.05, 3.63) is 0 Å². The van der Waals surface area contributed by atoms with E-state index < -0.39 is 0 Å². The molecule has 26 heavy (non-hydrogen) atoms. The third kappa shape index (κ3) is 19.0. The van der Waals surface area contributed by atoms with E-state index in [0.717, 1.165) is 24.3 Å². The molecule has 160 valence electrons. The minimum Gasteiger partial charge on any atom is -0.313 e. The molecule has 0 aliphatic heterocycles. The van der Waals surface area contributed by atoms with Crippen molar-refractivity contribution in [2.75, 3.05) is 32.4 Å². The molecule has 1 aliphatic rings. The van der Waals surface area contributed by atoms with Gasteiger partial charge in [0, 0.05) is 19.1 Å². The first kappa shape index (κ1) is 28.5. The van der Waals surface area contributed by atoms with Gasteiger partial charge in [0.1, 0.15) is 0 Å². The molecule has 0 spiro atoms. The zero-order valence-electron chi connectivity index (χ0n) is 19.5. The summed E-state index contributed by atoms with van der Waals surface area (Å²) in [6.07, 6.45) is 11.7. The van der Waals surface area contributed by atoms with Crippen LogP contribution in [-0.4, -0.2) is 43.4 Å². The SMILES string of the molecule is CC(C)CC1CCC(C)CC1.CCCN(CCC)CCNC(C)C.CS. The van der Waals surface area contributed by atoms with Crippen molar-refractivity contribution in [2.24, 2.45) is 17.8 Å². The fourth-order valence-corrected chi connectivity index (χ4v) is 3.71. The highest BCUT2D eigenvalue weighted by Crippen LogP contribution is 2.31. The third-order valence-electron chi connectivity index (χ3n) is 5.00. The highest BCUT2D eigenvalue weighted by atomic mass is 32.1. The fourth-order valence-electron chi connectivity index (χ4n) is 3.71. The molecule has 0 heterocycles. The summed E-state index contributed by atoms with van der Waals surface area (Å²) >= 11 is 3.53. The summed E-state index contributed by atoms with van der Waals surface area (Å²) in [5.74, 6) is 2.98. The van der Waals surface area contributed by atoms with E-state index >= 15 is 0 Å². The Labute approximate surface area is 172 Å². The molecule has 0 saturated heterocycles. The molecule has 0 amide bonds. The second kappa shape index (κ2) is 20.0. The molecule has 0 unspecified atom stereocenters. The number of hydrogen-bond donors (Lipinski definition) is 2. The van der Waals surface area contributed by atoms with Crippen LogP contribution in [-0.2, 0) is 0 Å². The van der Waals surface area contributed by atoms with E-state index in [1.54, 1.807) is 6.26 Å². The lowest BCUT2D eigenvalue weighted by molar-refractivity contribution is 0.256. The van der Waals surface area contributed by atoms with Crippen LogP contribution in [0.5, 0.6) is 0 Å². The number of hydrogen-bond acceptors (Lipinski definition) is 3. The van der Waals surface area contributed by atoms with Gasteiger partial charge in [0.15, 0.2) is 0 Å². The smallest absolute Gasteiger partial charge is 0.0107 e. The number of nitrogens with one attached hydrogen (secondary N) is 1. The van der Waals surface area contributed by atoms with E-state index in [2.05, 4.69) is 71.3 Å². The second-order valence-electron chi connectivity index (χ2n) is 8.71. The van der Waals surface area contributed by atoms with Crippen molar-refractivity contribution >= 4 is 12.6 Å². The zero-order chi connectivity index (χ0) is 20.4. The normalized spacial score (nSPS) is 19.8. The van der Waals surface area contributed by atoms with Crippen LogP contribution in [0.15, 0.2) is 0 Å². The maximum atomic E-state index is 3.53. The first-order valence-electron chi connectivity index (χ1n) is 11.3. The van der Waals surface area contributed by atoms with E-state index in [1.807, 2.05) is 0 Å². The Morgan fingerprint density at radius 1 is 0.885 bits per heavy atom. The van der Waals surface area contributed by atoms with Gasteiger partial charge in [-0.05, 0) is 56.4 Å². The Morgan fingerprint density at radius 3 is 1.77 bits per heavy atom. The van der Waals surface area contributed by atoms with Gasteiger partial charge < -0.3 is 10.2 Å². The zero-order valence-corrected chi connectivity index (χ0v) is 20.4. The molecular formula is C23H52N2S. The highest BCUT2D eigenvalue weighted by molar-refractivity contribution is 7.79. The van der Waals surface area contributed by atoms with Crippen LogP contribution >= 0.6 is 12.6 Å². The van der Waals surface area contributed by atoms with Crippen LogP contribution in [0.3, 0.4) is 0 Å². The van der Waals surface area contributed by atoms with Crippen molar-refractivity contribution in [1.82, 2.24) is 10.2 Å². The Hall–Kier alpha value is 0.270. The topological polar surface area (TPSA) is 15.3 Å². The Bertz CT molecular complexity index is 255. The molecule has 0 atom stereocenters. The van der Waals surface area contributed by atoms with E-state index in [1.165, 1.54) is 64.6 Å². The van der Waals surface area contributed by atoms with Crippen molar-refractivity contribution in [3.8, 4) is 0 Å². The van der Waals surface area contributed by atoms with Crippen molar-refractivity contribution in [3.63, 3.8) is 0 Å². The largest absolute Gasteiger partial charge is 0.313 e. The first-order chi connectivity index (χ1) is 12.4. The summed E-state index contributed by atoms with van der Waals surface area (Å²) in [4.78, 5) is 2.54. The molecule has 0 bridgehead atoms. The Morgan fingerprint density at radius 2 is 1.38 bits per heavy atom. The molecule has 0 aromatic rings. The maximum absolute atomic E-state index is 3.53. The van der Waals surface area contributed by atoms with Gasteiger partial charge in [-0.3, -0.25) is 0 Å². The van der Waals surface area contributed by atoms with Crippen molar-refractivity contribution < 1.29 is 0 Å². The number of nitrogens with zero attached hydrogens (tertiary/aromatic N) is 1. The summed E-state index contributed by atoms with van der Waals surface area (Å²) in [7, 11) is 0. The third-order valence-corrected chi connectivity index (χ3v) is 5.00. The van der Waals surface area contributed by atoms with E-state index in [9.17, 15) is 0 Å². The first-order valence-corrected chi connectivity index (χ1v) is 12.2. The van der Waals surface area contributed by atoms with Gasteiger partial charge in [0.25, 0.3) is 0 Å². The van der Waals surface area contributed by atoms with E-state index in [0.29, 0.717) is 6.04 Å². The van der Waals surface area contributed by atoms with Crippen molar-refractivity contribution in [1.29, 1.82) is 0 Å². The molecule has 2 nitrogen and oxygen atoms in total. The monoisotopic (exact) mass is 388 g/mol. The molecule has 0 aromatic heterocycles. The van der Waals surface area contributed by atoms with E-state index in [-0.39, 0.29) is 0 Å². The van der Waals surface area contributed by atoms with Gasteiger partial charge in [-0.25, -0.2) is 0 Å². The summed E-state index contributed by atoms with van der Waals surface area (Å²) in [6, 6.07) is 0.616. The van der Waals surface area contributed by atoms with Gasteiger partial charge in [-0.15, -0.1) is 0 Å². The summed E-state index contributed by atoms with van der Waals surface area (Å²) < 4.78 is 0. The summed E-state index contributed by atoms with van der Waals surface area (Å²) in [5, 5.41) is 3.45. The average Bonchev–Trinajstić information content (AvgIpc) is 2.59. The van der Waals surface area contributed by atoms with Crippen LogP contribution in [0.4, 0.5) is 0 Å². The second-order valence-corrected chi connectivity index (χ2v) is 8.71. The molecule has 1 aliphatic carbocycles. The summed E-state index contributed by atoms with van der Waals surface area (Å²) in [6.45, 7) is 20.8. The molecule has 0 aromatic carbocycles. The van der Waals surface area contributed by atoms with Crippen LogP contribution < -0.4 is 5.32 Å². The maximum Gasteiger partial charge on any atom is 0.0107 e. The average molecular weight is 389 g/mol. The minimum absolute atomic E-state index is 0.616. The lowest BCUT2D eigenvalue weighted by Crippen LogP contribution is -2.35. The molecule has 1 fully saturated rings. The quantitative estimate of drug-likeness (QED) is 0.415. The molecule has 0 radical (unpaired) electrons. The highest BCUT2D eigenvalue weighted by Gasteiger charge is 2.18. The molecule has 3 heteroatoms. The Kier molecular flexibility index (Phi) is 21.9. The van der Waals surface area contributed by atoms with Gasteiger partial charge in [0.05, 0.1) is 0 Å². The van der Waals surface area contributed by atoms with Crippen LogP contribution in [0.2, 0.25) is 0 Å². The predicted molar refractivity (Wildman–Crippen MR) is 126 cm³/mol. The number of thiol groups is 1. The molecular weight excluding hydrogens is 336 g/mol. The van der Waals surface area contributed by atoms with Gasteiger partial charge >= 0.3 is 0 Å². The van der Waals surface area contributed by atoms with Gasteiger partial charge in [-0.1, -0.05) is 74.1 Å². The van der Waals surface area contributed by atoms with Crippen LogP contribution in [0, 0.1) is 17.8 Å². The molecule has 1 N–H and O–H groups in total. The van der Waals surface area contributed by atoms with E-state index in [4.69, 9.17) is 0 Å². The molecule has 1 saturated carbocycles. The van der Waals surface area contributed by atoms with Gasteiger partial charge in [-0.2, -0.15) is 12.6 Å². The van der Waals surface area contributed by atoms with Crippen LogP contribution in [0.1, 0.15) is 93.4 Å². The summed E-state index contributed by atoms with van der Waals surface area (Å²) in [5.41, 5.74) is 0. The van der Waals surface area contributed by atoms with Crippen LogP contribution in [0.25, 0.3) is 0 Å². The fraction of sp³-hybridized carbons (Fsp3) is 1.00. The van der Waals surface area contributed by atoms with Crippen molar-refractivity contribution in [2.45, 2.75) is 99.5 Å². The predicted octanol–water partition coefficient (Wildman–Crippen LogP) is 6.51. The lowest BCUT2D eigenvalue weighted by Gasteiger charge is -2.27. The van der Waals surface area contributed by atoms with Gasteiger partial charge in [0.2, 0.25) is 0 Å². The lowest BCUT2D eigenvalue weighted by atomic mass is 9.79. The molecule has 1 rings (SSSR count). The standard InChI is InChI=1S/C11H26N2.C11H22.CH4S/c1-5-8-13(9-6-2)10-7-12-11(3)4;1-9(2)8-11-6-4-10(3)5-7-11;1-2/h11-12H,5-10H2,1-4H3;9-11H,4-8H2,1-3H3;2H,1H3. The Balaban J connectivity index is 0. The minimum atomic E-state index is 0.616. The number of rotatable bonds is 10.